The van der Waals surface area contributed by atoms with Crippen molar-refractivity contribution in [3.8, 4) is 0 Å². The first-order valence-corrected chi connectivity index (χ1v) is 10.9. The number of carbonyl (C=O) groups excluding carboxylic acids is 1. The van der Waals surface area contributed by atoms with E-state index >= 15 is 0 Å². The van der Waals surface area contributed by atoms with Gasteiger partial charge in [-0.15, -0.1) is 11.3 Å². The molecule has 4 rings (SSSR count). The summed E-state index contributed by atoms with van der Waals surface area (Å²) in [5.41, 5.74) is 1.43. The first-order chi connectivity index (χ1) is 14.1. The Morgan fingerprint density at radius 1 is 1.45 bits per heavy atom. The molecule has 0 unspecified atom stereocenters. The molecule has 4 heterocycles. The van der Waals surface area contributed by atoms with Gasteiger partial charge in [0.2, 0.25) is 5.91 Å². The fourth-order valence-corrected chi connectivity index (χ4v) is 5.47. The maximum Gasteiger partial charge on any atom is 0.258 e. The Kier molecular flexibility index (Phi) is 5.67. The van der Waals surface area contributed by atoms with E-state index in [4.69, 9.17) is 0 Å². The van der Waals surface area contributed by atoms with Crippen LogP contribution in [0.15, 0.2) is 34.6 Å². The number of rotatable bonds is 6. The Bertz CT molecular complexity index is 969. The number of hydrogen-bond acceptors (Lipinski definition) is 6. The zero-order valence-electron chi connectivity index (χ0n) is 16.6. The van der Waals surface area contributed by atoms with Gasteiger partial charge in [0.25, 0.3) is 5.56 Å². The lowest BCUT2D eigenvalue weighted by Crippen LogP contribution is -2.46. The van der Waals surface area contributed by atoms with Crippen molar-refractivity contribution < 1.29 is 9.90 Å². The second-order valence-corrected chi connectivity index (χ2v) is 8.49. The van der Waals surface area contributed by atoms with Crippen molar-refractivity contribution in [2.45, 2.75) is 39.0 Å². The number of amides is 1. The van der Waals surface area contributed by atoms with Crippen LogP contribution in [0.1, 0.15) is 36.2 Å². The zero-order chi connectivity index (χ0) is 20.5. The molecule has 2 aliphatic rings. The van der Waals surface area contributed by atoms with Crippen molar-refractivity contribution >= 4 is 23.3 Å². The van der Waals surface area contributed by atoms with Gasteiger partial charge in [-0.2, -0.15) is 0 Å². The monoisotopic (exact) mass is 414 g/mol. The molecule has 1 amide bonds. The second-order valence-electron chi connectivity index (χ2n) is 7.51. The molecular formula is C21H26N4O3S. The first kappa shape index (κ1) is 20.0. The summed E-state index contributed by atoms with van der Waals surface area (Å²) in [5.74, 6) is -0.719. The standard InChI is InChI=1S/C21H26N4O3S/c1-3-5-13-6-7-15-19-18(20(27)22-4-2)14(12-26)16(10-25(15)21(13)28)24(19)11-17-23-8-9-29-17/h3,5-9,14,16,18-19,26H,4,10-12H2,1-2H3,(H,22,27)/b5-3+/t14-,16-,18+,19+/m1/s1. The molecule has 0 radical (unpaired) electrons. The first-order valence-electron chi connectivity index (χ1n) is 9.99. The minimum Gasteiger partial charge on any atom is -0.396 e. The van der Waals surface area contributed by atoms with E-state index in [1.165, 1.54) is 0 Å². The van der Waals surface area contributed by atoms with Crippen LogP contribution in [0.5, 0.6) is 0 Å². The van der Waals surface area contributed by atoms with Crippen LogP contribution < -0.4 is 10.9 Å². The third-order valence-corrected chi connectivity index (χ3v) is 6.77. The summed E-state index contributed by atoms with van der Waals surface area (Å²) >= 11 is 1.58. The quantitative estimate of drug-likeness (QED) is 0.750. The summed E-state index contributed by atoms with van der Waals surface area (Å²) in [4.78, 5) is 32.7. The highest BCUT2D eigenvalue weighted by atomic mass is 32.1. The summed E-state index contributed by atoms with van der Waals surface area (Å²) in [6, 6.07) is 3.41. The summed E-state index contributed by atoms with van der Waals surface area (Å²) < 4.78 is 1.80. The summed E-state index contributed by atoms with van der Waals surface area (Å²) in [7, 11) is 0. The van der Waals surface area contributed by atoms with Crippen LogP contribution in [0, 0.1) is 11.8 Å². The maximum atomic E-state index is 13.1. The molecule has 7 nitrogen and oxygen atoms in total. The molecule has 0 aromatic carbocycles. The predicted molar refractivity (Wildman–Crippen MR) is 112 cm³/mol. The Balaban J connectivity index is 1.83. The number of carbonyl (C=O) groups is 1. The number of hydrogen-bond donors (Lipinski definition) is 2. The van der Waals surface area contributed by atoms with E-state index in [9.17, 15) is 14.7 Å². The zero-order valence-corrected chi connectivity index (χ0v) is 17.4. The van der Waals surface area contributed by atoms with Crippen LogP contribution in [0.25, 0.3) is 6.08 Å². The third-order valence-electron chi connectivity index (χ3n) is 6.00. The van der Waals surface area contributed by atoms with E-state index in [0.717, 1.165) is 10.7 Å². The van der Waals surface area contributed by atoms with Gasteiger partial charge >= 0.3 is 0 Å². The van der Waals surface area contributed by atoms with Gasteiger partial charge in [0.15, 0.2) is 0 Å². The van der Waals surface area contributed by atoms with Gasteiger partial charge in [0, 0.05) is 54.5 Å². The van der Waals surface area contributed by atoms with Gasteiger partial charge in [0.1, 0.15) is 5.01 Å². The number of aliphatic hydroxyl groups excluding tert-OH is 1. The van der Waals surface area contributed by atoms with Crippen LogP contribution in [0.4, 0.5) is 0 Å². The molecule has 4 atom stereocenters. The number of pyridine rings is 1. The van der Waals surface area contributed by atoms with Crippen molar-refractivity contribution in [2.24, 2.45) is 11.8 Å². The SMILES string of the molecule is C/C=C/c1ccc2n(c1=O)C[C@@H]1[C@@H](CO)[C@H](C(=O)NCC)[C@H]2N1Cc1nccs1. The molecule has 2 N–H and O–H groups in total. The number of fused-ring (bicyclic) bond motifs is 4. The second kappa shape index (κ2) is 8.22. The Morgan fingerprint density at radius 3 is 2.93 bits per heavy atom. The molecule has 29 heavy (non-hydrogen) atoms. The van der Waals surface area contributed by atoms with Gasteiger partial charge in [0.05, 0.1) is 18.5 Å². The molecule has 154 valence electrons. The third kappa shape index (κ3) is 3.35. The smallest absolute Gasteiger partial charge is 0.258 e. The van der Waals surface area contributed by atoms with Crippen LogP contribution in [-0.4, -0.2) is 44.7 Å². The van der Waals surface area contributed by atoms with Crippen LogP contribution in [0.2, 0.25) is 0 Å². The highest BCUT2D eigenvalue weighted by Crippen LogP contribution is 2.49. The van der Waals surface area contributed by atoms with Gasteiger partial charge < -0.3 is 15.0 Å². The average Bonchev–Trinajstić information content (AvgIpc) is 3.29. The molecule has 2 bridgehead atoms. The number of aliphatic hydroxyl groups is 1. The van der Waals surface area contributed by atoms with Crippen LogP contribution in [0.3, 0.4) is 0 Å². The molecule has 2 aromatic heterocycles. The maximum absolute atomic E-state index is 13.1. The molecule has 0 aliphatic carbocycles. The van der Waals surface area contributed by atoms with E-state index in [1.54, 1.807) is 22.1 Å². The lowest BCUT2D eigenvalue weighted by molar-refractivity contribution is -0.127. The van der Waals surface area contributed by atoms with Crippen molar-refractivity contribution in [3.05, 3.63) is 56.4 Å². The molecule has 0 spiro atoms. The molecule has 0 saturated carbocycles. The fourth-order valence-electron chi connectivity index (χ4n) is 4.84. The van der Waals surface area contributed by atoms with Crippen molar-refractivity contribution in [1.29, 1.82) is 0 Å². The number of nitrogens with one attached hydrogen (secondary N) is 1. The number of nitrogens with zero attached hydrogens (tertiary/aromatic N) is 3. The van der Waals surface area contributed by atoms with Crippen LogP contribution >= 0.6 is 11.3 Å². The van der Waals surface area contributed by atoms with E-state index in [0.29, 0.717) is 25.2 Å². The molecule has 2 aromatic rings. The number of thiazole rings is 1. The minimum absolute atomic E-state index is 0.0438. The van der Waals surface area contributed by atoms with Crippen molar-refractivity contribution in [2.75, 3.05) is 13.2 Å². The van der Waals surface area contributed by atoms with Gasteiger partial charge in [-0.05, 0) is 26.0 Å². The van der Waals surface area contributed by atoms with E-state index < -0.39 is 5.92 Å². The van der Waals surface area contributed by atoms with E-state index in [-0.39, 0.29) is 36.1 Å². The van der Waals surface area contributed by atoms with Gasteiger partial charge in [-0.25, -0.2) is 4.98 Å². The fraction of sp³-hybridized carbons (Fsp3) is 0.476. The van der Waals surface area contributed by atoms with Crippen molar-refractivity contribution in [3.63, 3.8) is 0 Å². The Labute approximate surface area is 173 Å². The van der Waals surface area contributed by atoms with E-state index in [2.05, 4.69) is 15.2 Å². The highest BCUT2D eigenvalue weighted by molar-refractivity contribution is 7.09. The lowest BCUT2D eigenvalue weighted by Gasteiger charge is -2.37. The summed E-state index contributed by atoms with van der Waals surface area (Å²) in [5, 5.41) is 16.1. The molecule has 2 aliphatic heterocycles. The Hall–Kier alpha value is -2.29. The molecule has 1 saturated heterocycles. The summed E-state index contributed by atoms with van der Waals surface area (Å²) in [6.07, 6.45) is 5.44. The van der Waals surface area contributed by atoms with E-state index in [1.807, 2.05) is 43.5 Å². The van der Waals surface area contributed by atoms with Crippen LogP contribution in [-0.2, 0) is 17.9 Å². The van der Waals surface area contributed by atoms with Crippen molar-refractivity contribution in [1.82, 2.24) is 19.8 Å². The molecular weight excluding hydrogens is 388 g/mol. The average molecular weight is 415 g/mol. The largest absolute Gasteiger partial charge is 0.396 e. The normalized spacial score (nSPS) is 26.0. The van der Waals surface area contributed by atoms with Gasteiger partial charge in [-0.3, -0.25) is 14.5 Å². The topological polar surface area (TPSA) is 87.5 Å². The predicted octanol–water partition coefficient (Wildman–Crippen LogP) is 1.64. The molecule has 8 heteroatoms. The molecule has 1 fully saturated rings. The number of aromatic nitrogens is 2. The highest BCUT2D eigenvalue weighted by Gasteiger charge is 2.55. The minimum atomic E-state index is -0.411. The number of allylic oxidation sites excluding steroid dienone is 1. The summed E-state index contributed by atoms with van der Waals surface area (Å²) in [6.45, 7) is 5.27. The lowest BCUT2D eigenvalue weighted by atomic mass is 9.86. The van der Waals surface area contributed by atoms with Gasteiger partial charge in [-0.1, -0.05) is 12.2 Å². The Morgan fingerprint density at radius 2 is 2.28 bits per heavy atom.